The molecular formula is C15H20O7S. The molecule has 0 N–H and O–H groups in total. The van der Waals surface area contributed by atoms with E-state index >= 15 is 0 Å². The molecule has 5 atom stereocenters. The molecule has 1 heterocycles. The normalized spacial score (nSPS) is 36.0. The highest BCUT2D eigenvalue weighted by molar-refractivity contribution is 7.87. The molecule has 0 amide bonds. The number of carbonyl (C=O) groups is 2. The summed E-state index contributed by atoms with van der Waals surface area (Å²) in [5, 5.41) is -0.422. The van der Waals surface area contributed by atoms with Crippen molar-refractivity contribution in [2.75, 3.05) is 6.61 Å². The zero-order chi connectivity index (χ0) is 16.8. The molecule has 5 unspecified atom stereocenters. The number of esters is 2. The first-order valence-corrected chi connectivity index (χ1v) is 9.21. The second-order valence-electron chi connectivity index (χ2n) is 6.46. The van der Waals surface area contributed by atoms with Crippen LogP contribution in [-0.2, 0) is 33.4 Å². The Bertz CT molecular complexity index is 638. The highest BCUT2D eigenvalue weighted by Gasteiger charge is 2.65. The van der Waals surface area contributed by atoms with E-state index in [1.807, 2.05) is 0 Å². The predicted molar refractivity (Wildman–Crippen MR) is 78.7 cm³/mol. The van der Waals surface area contributed by atoms with Gasteiger partial charge in [0.1, 0.15) is 12.2 Å². The highest BCUT2D eigenvalue weighted by atomic mass is 32.2. The lowest BCUT2D eigenvalue weighted by Crippen LogP contribution is -2.37. The summed E-state index contributed by atoms with van der Waals surface area (Å²) >= 11 is 0. The van der Waals surface area contributed by atoms with Crippen molar-refractivity contribution < 1.29 is 31.7 Å². The molecule has 3 rings (SSSR count). The van der Waals surface area contributed by atoms with E-state index in [4.69, 9.17) is 13.7 Å². The summed E-state index contributed by atoms with van der Waals surface area (Å²) < 4.78 is 39.1. The van der Waals surface area contributed by atoms with Crippen LogP contribution in [0.3, 0.4) is 0 Å². The first-order chi connectivity index (χ1) is 10.8. The van der Waals surface area contributed by atoms with Crippen LogP contribution in [-0.4, -0.2) is 44.4 Å². The fourth-order valence-corrected chi connectivity index (χ4v) is 5.64. The van der Waals surface area contributed by atoms with Gasteiger partial charge in [-0.2, -0.15) is 8.42 Å². The maximum absolute atomic E-state index is 11.9. The van der Waals surface area contributed by atoms with E-state index in [1.54, 1.807) is 6.92 Å². The van der Waals surface area contributed by atoms with Crippen molar-refractivity contribution in [2.24, 2.45) is 11.8 Å². The van der Waals surface area contributed by atoms with Crippen LogP contribution >= 0.6 is 0 Å². The van der Waals surface area contributed by atoms with Gasteiger partial charge in [0.15, 0.2) is 0 Å². The molecule has 0 aromatic rings. The van der Waals surface area contributed by atoms with Crippen molar-refractivity contribution in [1.29, 1.82) is 0 Å². The quantitative estimate of drug-likeness (QED) is 0.306. The molecule has 2 saturated carbocycles. The van der Waals surface area contributed by atoms with Crippen LogP contribution in [0.1, 0.15) is 32.6 Å². The summed E-state index contributed by atoms with van der Waals surface area (Å²) in [5.41, 5.74) is 0.309. The van der Waals surface area contributed by atoms with Crippen LogP contribution in [0, 0.1) is 11.8 Å². The second kappa shape index (κ2) is 5.90. The van der Waals surface area contributed by atoms with Gasteiger partial charge >= 0.3 is 11.9 Å². The molecule has 0 spiro atoms. The Morgan fingerprint density at radius 2 is 2.04 bits per heavy atom. The van der Waals surface area contributed by atoms with Crippen molar-refractivity contribution in [3.8, 4) is 0 Å². The van der Waals surface area contributed by atoms with Crippen LogP contribution in [0.4, 0.5) is 0 Å². The van der Waals surface area contributed by atoms with Gasteiger partial charge in [0.25, 0.3) is 10.1 Å². The summed E-state index contributed by atoms with van der Waals surface area (Å²) in [5.74, 6) is -0.878. The molecule has 3 aliphatic rings. The molecule has 128 valence electrons. The topological polar surface area (TPSA) is 96.0 Å². The van der Waals surface area contributed by atoms with E-state index in [9.17, 15) is 18.0 Å². The molecule has 8 heteroatoms. The Hall–Kier alpha value is -1.41. The maximum Gasteiger partial charge on any atom is 0.333 e. The van der Waals surface area contributed by atoms with Crippen LogP contribution in [0.5, 0.6) is 0 Å². The Morgan fingerprint density at radius 1 is 1.30 bits per heavy atom. The number of hydrogen-bond acceptors (Lipinski definition) is 7. The highest BCUT2D eigenvalue weighted by Crippen LogP contribution is 2.55. The van der Waals surface area contributed by atoms with E-state index in [0.29, 0.717) is 18.4 Å². The van der Waals surface area contributed by atoms with Gasteiger partial charge in [-0.3, -0.25) is 8.98 Å². The maximum atomic E-state index is 11.9. The summed E-state index contributed by atoms with van der Waals surface area (Å²) in [6.45, 7) is 5.13. The van der Waals surface area contributed by atoms with Gasteiger partial charge in [-0.25, -0.2) is 4.79 Å². The van der Waals surface area contributed by atoms with Gasteiger partial charge in [0.05, 0.1) is 11.9 Å². The smallest absolute Gasteiger partial charge is 0.333 e. The summed E-state index contributed by atoms with van der Waals surface area (Å²) in [6.07, 6.45) is 0.721. The average molecular weight is 344 g/mol. The van der Waals surface area contributed by atoms with E-state index < -0.39 is 39.5 Å². The van der Waals surface area contributed by atoms with E-state index in [2.05, 4.69) is 6.58 Å². The lowest BCUT2D eigenvalue weighted by molar-refractivity contribution is -0.156. The standard InChI is InChI=1S/C15H20O7S/c1-8(2)15(17)20-5-3-4-12(16)21-13-9-6-10-11(7-9)23(18,19)22-14(10)13/h9-11,13-14H,1,3-7H2,2H3. The minimum Gasteiger partial charge on any atom is -0.462 e. The van der Waals surface area contributed by atoms with Crippen molar-refractivity contribution in [3.63, 3.8) is 0 Å². The molecule has 2 bridgehead atoms. The first kappa shape index (κ1) is 16.4. The number of ether oxygens (including phenoxy) is 2. The molecule has 23 heavy (non-hydrogen) atoms. The van der Waals surface area contributed by atoms with Crippen molar-refractivity contribution in [2.45, 2.75) is 50.1 Å². The summed E-state index contributed by atoms with van der Waals surface area (Å²) in [6, 6.07) is 0. The van der Waals surface area contributed by atoms with Crippen molar-refractivity contribution in [1.82, 2.24) is 0 Å². The summed E-state index contributed by atoms with van der Waals surface area (Å²) in [7, 11) is -3.50. The van der Waals surface area contributed by atoms with Crippen molar-refractivity contribution >= 4 is 22.1 Å². The fraction of sp³-hybridized carbons (Fsp3) is 0.733. The predicted octanol–water partition coefficient (Wildman–Crippen LogP) is 0.935. The van der Waals surface area contributed by atoms with Crippen molar-refractivity contribution in [3.05, 3.63) is 12.2 Å². The molecule has 3 fully saturated rings. The van der Waals surface area contributed by atoms with Gasteiger partial charge in [0, 0.05) is 23.8 Å². The molecule has 0 aromatic carbocycles. The zero-order valence-electron chi connectivity index (χ0n) is 12.9. The molecule has 1 saturated heterocycles. The van der Waals surface area contributed by atoms with Gasteiger partial charge in [-0.05, 0) is 26.2 Å². The number of hydrogen-bond donors (Lipinski definition) is 0. The molecular weight excluding hydrogens is 324 g/mol. The monoisotopic (exact) mass is 344 g/mol. The number of rotatable bonds is 6. The molecule has 0 aromatic heterocycles. The molecule has 0 radical (unpaired) electrons. The van der Waals surface area contributed by atoms with Crippen LogP contribution < -0.4 is 0 Å². The van der Waals surface area contributed by atoms with Gasteiger partial charge in [-0.15, -0.1) is 0 Å². The van der Waals surface area contributed by atoms with Gasteiger partial charge in [-0.1, -0.05) is 6.58 Å². The molecule has 1 aliphatic heterocycles. The van der Waals surface area contributed by atoms with E-state index in [-0.39, 0.29) is 24.9 Å². The molecule has 2 aliphatic carbocycles. The third kappa shape index (κ3) is 3.01. The third-order valence-electron chi connectivity index (χ3n) is 4.79. The van der Waals surface area contributed by atoms with Crippen LogP contribution in [0.2, 0.25) is 0 Å². The molecule has 7 nitrogen and oxygen atoms in total. The van der Waals surface area contributed by atoms with E-state index in [1.165, 1.54) is 0 Å². The fourth-order valence-electron chi connectivity index (χ4n) is 3.76. The number of carbonyl (C=O) groups excluding carboxylic acids is 2. The third-order valence-corrected chi connectivity index (χ3v) is 6.56. The zero-order valence-corrected chi connectivity index (χ0v) is 13.7. The largest absolute Gasteiger partial charge is 0.462 e. The average Bonchev–Trinajstić information content (AvgIpc) is 3.07. The van der Waals surface area contributed by atoms with Crippen LogP contribution in [0.25, 0.3) is 0 Å². The first-order valence-electron chi connectivity index (χ1n) is 7.74. The lowest BCUT2D eigenvalue weighted by Gasteiger charge is -2.24. The minimum atomic E-state index is -3.50. The summed E-state index contributed by atoms with van der Waals surface area (Å²) in [4.78, 5) is 23.1. The number of fused-ring (bicyclic) bond motifs is 1. The second-order valence-corrected chi connectivity index (χ2v) is 8.25. The van der Waals surface area contributed by atoms with Gasteiger partial charge < -0.3 is 9.47 Å². The Balaban J connectivity index is 1.45. The van der Waals surface area contributed by atoms with Crippen LogP contribution in [0.15, 0.2) is 12.2 Å². The Labute approximate surface area is 135 Å². The minimum absolute atomic E-state index is 0.0423. The Morgan fingerprint density at radius 3 is 2.74 bits per heavy atom. The van der Waals surface area contributed by atoms with E-state index in [0.717, 1.165) is 6.42 Å². The Kier molecular flexibility index (Phi) is 4.22. The lowest BCUT2D eigenvalue weighted by atomic mass is 9.94. The van der Waals surface area contributed by atoms with Gasteiger partial charge in [0.2, 0.25) is 0 Å². The SMILES string of the molecule is C=C(C)C(=O)OCCCC(=O)OC1C2CC3C1OS(=O)(=O)C3C2.